The van der Waals surface area contributed by atoms with E-state index in [4.69, 9.17) is 16.3 Å². The highest BCUT2D eigenvalue weighted by atomic mass is 35.5. The minimum atomic E-state index is -6.03. The topological polar surface area (TPSA) is 145 Å². The summed E-state index contributed by atoms with van der Waals surface area (Å²) in [5.74, 6) is 6.50. The number of anilines is 2. The number of hydrogen-bond acceptors (Lipinski definition) is 11. The molecule has 2 aliphatic heterocycles. The smallest absolute Gasteiger partial charge is 0.380 e. The number of benzene rings is 5. The minimum absolute atomic E-state index is 0.0652. The number of alkyl halides is 3. The van der Waals surface area contributed by atoms with Gasteiger partial charge in [0.15, 0.2) is 0 Å². The molecule has 0 unspecified atom stereocenters. The molecule has 20 heteroatoms. The molecule has 2 aliphatic rings. The largest absolute Gasteiger partial charge is 0.501 e. The molecule has 0 saturated carbocycles. The van der Waals surface area contributed by atoms with Crippen LogP contribution in [0.15, 0.2) is 136 Å². The number of likely N-dealkylation sites (N-methyl/N-ethyl adjacent to an activating group) is 1. The Labute approximate surface area is 453 Å². The lowest BCUT2D eigenvalue weighted by Crippen LogP contribution is -2.45. The Morgan fingerprint density at radius 3 is 2.16 bits per heavy atom. The van der Waals surface area contributed by atoms with Crippen molar-refractivity contribution >= 4 is 60.5 Å². The van der Waals surface area contributed by atoms with E-state index < -0.39 is 41.2 Å². The van der Waals surface area contributed by atoms with Gasteiger partial charge < -0.3 is 29.7 Å². The number of aromatic nitrogens is 1. The van der Waals surface area contributed by atoms with Crippen LogP contribution in [0.3, 0.4) is 0 Å². The lowest BCUT2D eigenvalue weighted by Gasteiger charge is -2.32. The molecule has 2 fully saturated rings. The van der Waals surface area contributed by atoms with Crippen molar-refractivity contribution in [3.8, 4) is 34.2 Å². The lowest BCUT2D eigenvalue weighted by atomic mass is 9.95. The second kappa shape index (κ2) is 25.1. The number of piperazine rings is 1. The van der Waals surface area contributed by atoms with E-state index in [0.717, 1.165) is 84.3 Å². The summed E-state index contributed by atoms with van der Waals surface area (Å²) >= 11 is 7.76. The Morgan fingerprint density at radius 1 is 0.776 bits per heavy atom. The van der Waals surface area contributed by atoms with Crippen molar-refractivity contribution in [1.82, 2.24) is 24.6 Å². The SMILES string of the molecule is Cc1c(C(=O)NCCCN2CCN(C)CC2)c(-c2cccc(C#Cc3ccc(NS(=O)(=O)c4ccc(N[C@H](CCN5CCOCC5)CSc5ccccc5)c(S(=O)(=O)C(F)(F)F)c4)cc3)c2)c(-c2ccc(Cl)cc2)n1C. The first-order chi connectivity index (χ1) is 36.4. The zero-order valence-electron chi connectivity index (χ0n) is 42.5. The van der Waals surface area contributed by atoms with Crippen molar-refractivity contribution in [3.05, 3.63) is 149 Å². The maximum atomic E-state index is 14.3. The number of rotatable bonds is 19. The highest BCUT2D eigenvalue weighted by Crippen LogP contribution is 2.40. The molecule has 6 aromatic rings. The van der Waals surface area contributed by atoms with Crippen LogP contribution < -0.4 is 15.4 Å². The van der Waals surface area contributed by atoms with Gasteiger partial charge in [0.1, 0.15) is 4.90 Å². The first-order valence-electron chi connectivity index (χ1n) is 25.0. The Hall–Kier alpha value is -5.82. The second-order valence-corrected chi connectivity index (χ2v) is 24.0. The van der Waals surface area contributed by atoms with Crippen molar-refractivity contribution in [1.29, 1.82) is 0 Å². The molecule has 0 bridgehead atoms. The first-order valence-corrected chi connectivity index (χ1v) is 29.3. The average Bonchev–Trinajstić information content (AvgIpc) is 3.71. The third-order valence-electron chi connectivity index (χ3n) is 13.5. The molecule has 3 heterocycles. The minimum Gasteiger partial charge on any atom is -0.380 e. The summed E-state index contributed by atoms with van der Waals surface area (Å²) in [5.41, 5.74) is -0.280. The van der Waals surface area contributed by atoms with Gasteiger partial charge in [-0.05, 0) is 123 Å². The van der Waals surface area contributed by atoms with Gasteiger partial charge in [-0.25, -0.2) is 16.8 Å². The van der Waals surface area contributed by atoms with E-state index in [1.165, 1.54) is 23.9 Å². The number of sulfone groups is 1. The van der Waals surface area contributed by atoms with Gasteiger partial charge >= 0.3 is 5.51 Å². The summed E-state index contributed by atoms with van der Waals surface area (Å²) in [7, 11) is -6.58. The van der Waals surface area contributed by atoms with Crippen molar-refractivity contribution in [2.24, 2.45) is 7.05 Å². The average molecular weight is 1120 g/mol. The molecule has 3 N–H and O–H groups in total. The molecular formula is C56H61ClF3N7O6S3. The fraction of sp³-hybridized carbons (Fsp3) is 0.339. The zero-order valence-corrected chi connectivity index (χ0v) is 45.7. The monoisotopic (exact) mass is 1120 g/mol. The summed E-state index contributed by atoms with van der Waals surface area (Å²) < 4.78 is 107. The highest BCUT2D eigenvalue weighted by molar-refractivity contribution is 7.99. The van der Waals surface area contributed by atoms with Crippen LogP contribution >= 0.6 is 23.4 Å². The molecule has 5 aromatic carbocycles. The van der Waals surface area contributed by atoms with Gasteiger partial charge in [0.25, 0.3) is 25.8 Å². The third-order valence-corrected chi connectivity index (χ3v) is 17.8. The van der Waals surface area contributed by atoms with E-state index in [9.17, 15) is 34.8 Å². The van der Waals surface area contributed by atoms with E-state index in [1.807, 2.05) is 97.4 Å². The molecule has 76 heavy (non-hydrogen) atoms. The Balaban J connectivity index is 1.00. The van der Waals surface area contributed by atoms with Crippen molar-refractivity contribution < 1.29 is 39.5 Å². The van der Waals surface area contributed by atoms with Gasteiger partial charge in [-0.15, -0.1) is 11.8 Å². The maximum Gasteiger partial charge on any atom is 0.501 e. The number of halogens is 4. The van der Waals surface area contributed by atoms with E-state index >= 15 is 0 Å². The summed E-state index contributed by atoms with van der Waals surface area (Å²) in [6.45, 7) is 10.4. The number of ether oxygens (including phenoxy) is 1. The molecule has 0 radical (unpaired) electrons. The van der Waals surface area contributed by atoms with E-state index in [0.29, 0.717) is 79.3 Å². The van der Waals surface area contributed by atoms with Crippen LogP contribution in [0.25, 0.3) is 22.4 Å². The number of hydrogen-bond donors (Lipinski definition) is 3. The Kier molecular flexibility index (Phi) is 18.6. The number of nitrogens with one attached hydrogen (secondary N) is 3. The number of sulfonamides is 1. The zero-order chi connectivity index (χ0) is 54.0. The molecule has 1 amide bonds. The standard InChI is InChI=1S/C56H61ClF3N7O6S3/c1-40-52(55(68)61-26-8-27-66-31-29-64(2)30-32-66)53(54(65(40)3)43-17-19-45(57)20-18-43)44-10-7-9-42(37-44)14-13-41-15-21-46(22-16-41)63-76(71,72)49-23-24-50(51(38-49)75(69,70)56(58,59)60)62-47(25-28-67-33-35-73-36-34-67)39-74-48-11-5-4-6-12-48/h4-7,9-12,15-24,37-38,47,62-63H,8,25-36,39H2,1-3H3,(H,61,68)/t47-/m1/s1. The van der Waals surface area contributed by atoms with E-state index in [1.54, 1.807) is 12.1 Å². The maximum absolute atomic E-state index is 14.3. The predicted octanol–water partition coefficient (Wildman–Crippen LogP) is 9.48. The van der Waals surface area contributed by atoms with Crippen molar-refractivity contribution in [2.75, 3.05) is 95.0 Å². The lowest BCUT2D eigenvalue weighted by molar-refractivity contribution is -0.0435. The summed E-state index contributed by atoms with van der Waals surface area (Å²) in [6, 6.07) is 32.7. The predicted molar refractivity (Wildman–Crippen MR) is 296 cm³/mol. The van der Waals surface area contributed by atoms with Gasteiger partial charge in [-0.2, -0.15) is 13.2 Å². The van der Waals surface area contributed by atoms with Crippen LogP contribution in [0, 0.1) is 18.8 Å². The summed E-state index contributed by atoms with van der Waals surface area (Å²) in [4.78, 5) is 20.1. The van der Waals surface area contributed by atoms with Crippen molar-refractivity contribution in [2.45, 2.75) is 46.0 Å². The van der Waals surface area contributed by atoms with Crippen LogP contribution in [0.2, 0.25) is 5.02 Å². The van der Waals surface area contributed by atoms with Gasteiger partial charge in [-0.1, -0.05) is 65.9 Å². The van der Waals surface area contributed by atoms with Gasteiger partial charge in [0.05, 0.1) is 35.1 Å². The fourth-order valence-corrected chi connectivity index (χ4v) is 12.4. The number of carbonyl (C=O) groups is 1. The molecule has 1 atom stereocenters. The van der Waals surface area contributed by atoms with Crippen LogP contribution in [0.5, 0.6) is 0 Å². The van der Waals surface area contributed by atoms with E-state index in [-0.39, 0.29) is 17.3 Å². The third kappa shape index (κ3) is 14.2. The van der Waals surface area contributed by atoms with Crippen LogP contribution in [-0.2, 0) is 31.6 Å². The second-order valence-electron chi connectivity index (χ2n) is 18.8. The van der Waals surface area contributed by atoms with Crippen molar-refractivity contribution in [3.63, 3.8) is 0 Å². The Morgan fingerprint density at radius 2 is 1.46 bits per heavy atom. The number of thioether (sulfide) groups is 1. The quantitative estimate of drug-likeness (QED) is 0.0405. The molecule has 0 spiro atoms. The number of morpholine rings is 1. The summed E-state index contributed by atoms with van der Waals surface area (Å²) in [5, 5.41) is 6.80. The summed E-state index contributed by atoms with van der Waals surface area (Å²) in [6.07, 6.45) is 1.27. The molecule has 1 aromatic heterocycles. The van der Waals surface area contributed by atoms with E-state index in [2.05, 4.69) is 48.9 Å². The Bertz CT molecular complexity index is 3270. The fourth-order valence-electron chi connectivity index (χ4n) is 9.13. The first kappa shape index (κ1) is 56.4. The van der Waals surface area contributed by atoms with Gasteiger partial charge in [-0.3, -0.25) is 14.4 Å². The van der Waals surface area contributed by atoms with Gasteiger partial charge in [0.2, 0.25) is 0 Å². The highest BCUT2D eigenvalue weighted by Gasteiger charge is 2.48. The number of amides is 1. The molecule has 2 saturated heterocycles. The molecule has 0 aliphatic carbocycles. The van der Waals surface area contributed by atoms with Gasteiger partial charge in [0, 0.05) is 109 Å². The molecule has 402 valence electrons. The molecule has 13 nitrogen and oxygen atoms in total. The van der Waals surface area contributed by atoms with Crippen LogP contribution in [-0.4, -0.2) is 138 Å². The number of carbonyl (C=O) groups excluding carboxylic acids is 1. The van der Waals surface area contributed by atoms with Crippen LogP contribution in [0.4, 0.5) is 24.5 Å². The molecule has 8 rings (SSSR count). The molecular weight excluding hydrogens is 1060 g/mol. The normalized spacial score (nSPS) is 15.4. The van der Waals surface area contributed by atoms with Crippen LogP contribution in [0.1, 0.15) is 40.0 Å². The number of nitrogens with zero attached hydrogens (tertiary/aromatic N) is 4.